The molecule has 1 atom stereocenters. The summed E-state index contributed by atoms with van der Waals surface area (Å²) in [6.45, 7) is 10.2. The predicted octanol–water partition coefficient (Wildman–Crippen LogP) is 5.99. The van der Waals surface area contributed by atoms with Gasteiger partial charge >= 0.3 is 0 Å². The number of aryl methyl sites for hydroxylation is 1. The highest BCUT2D eigenvalue weighted by molar-refractivity contribution is 6.07. The van der Waals surface area contributed by atoms with Gasteiger partial charge in [0, 0.05) is 6.54 Å². The van der Waals surface area contributed by atoms with E-state index in [1.54, 1.807) is 7.11 Å². The molecule has 3 nitrogen and oxygen atoms in total. The van der Waals surface area contributed by atoms with Crippen molar-refractivity contribution in [1.82, 2.24) is 4.90 Å². The lowest BCUT2D eigenvalue weighted by Crippen LogP contribution is -2.59. The molecule has 1 aliphatic heterocycles. The van der Waals surface area contributed by atoms with Gasteiger partial charge in [-0.1, -0.05) is 49.8 Å². The van der Waals surface area contributed by atoms with Crippen molar-refractivity contribution >= 4 is 5.78 Å². The lowest BCUT2D eigenvalue weighted by atomic mass is 9.71. The van der Waals surface area contributed by atoms with Crippen LogP contribution in [0.1, 0.15) is 75.7 Å². The number of rotatable bonds is 5. The fourth-order valence-corrected chi connectivity index (χ4v) is 4.51. The average Bonchev–Trinajstić information content (AvgIpc) is 2.75. The molecule has 0 amide bonds. The van der Waals surface area contributed by atoms with Crippen molar-refractivity contribution in [3.05, 3.63) is 53.1 Å². The summed E-state index contributed by atoms with van der Waals surface area (Å²) in [6, 6.07) is 6.00. The first-order valence-electron chi connectivity index (χ1n) is 10.9. The largest absolute Gasteiger partial charge is 0.496 e. The maximum Gasteiger partial charge on any atom is 0.187 e. The molecule has 0 aromatic heterocycles. The minimum absolute atomic E-state index is 0.283. The third-order valence-electron chi connectivity index (χ3n) is 6.01. The molecule has 3 heteroatoms. The molecule has 1 aromatic carbocycles. The van der Waals surface area contributed by atoms with E-state index in [-0.39, 0.29) is 11.3 Å². The van der Waals surface area contributed by atoms with Crippen LogP contribution >= 0.6 is 0 Å². The molecule has 0 bridgehead atoms. The quantitative estimate of drug-likeness (QED) is 0.585. The summed E-state index contributed by atoms with van der Waals surface area (Å²) >= 11 is 0. The van der Waals surface area contributed by atoms with Crippen LogP contribution in [-0.2, 0) is 6.42 Å². The second kappa shape index (κ2) is 10.6. The van der Waals surface area contributed by atoms with Crippen LogP contribution in [0.3, 0.4) is 0 Å². The summed E-state index contributed by atoms with van der Waals surface area (Å²) in [4.78, 5) is 16.1. The van der Waals surface area contributed by atoms with E-state index in [2.05, 4.69) is 36.1 Å². The van der Waals surface area contributed by atoms with Crippen molar-refractivity contribution in [2.45, 2.75) is 71.8 Å². The molecular weight excluding hydrogens is 346 g/mol. The Morgan fingerprint density at radius 3 is 2.75 bits per heavy atom. The fraction of sp³-hybridized carbons (Fsp3) is 0.560. The van der Waals surface area contributed by atoms with Gasteiger partial charge in [0.2, 0.25) is 0 Å². The van der Waals surface area contributed by atoms with Gasteiger partial charge in [0.1, 0.15) is 5.75 Å². The van der Waals surface area contributed by atoms with Crippen molar-refractivity contribution in [3.8, 4) is 5.75 Å². The summed E-state index contributed by atoms with van der Waals surface area (Å²) in [7, 11) is 1.66. The highest BCUT2D eigenvalue weighted by atomic mass is 16.5. The van der Waals surface area contributed by atoms with Crippen LogP contribution < -0.4 is 4.74 Å². The van der Waals surface area contributed by atoms with Gasteiger partial charge in [-0.25, -0.2) is 0 Å². The molecule has 1 aromatic rings. The van der Waals surface area contributed by atoms with Gasteiger partial charge in [0.25, 0.3) is 0 Å². The number of Topliss-reactive ketones (excluding diaryl/α,β-unsaturated/α-hetero) is 1. The number of carbonyl (C=O) groups excluding carboxylic acids is 1. The first-order chi connectivity index (χ1) is 13.6. The summed E-state index contributed by atoms with van der Waals surface area (Å²) in [6.07, 6.45) is 12.5. The second-order valence-electron chi connectivity index (χ2n) is 7.59. The third-order valence-corrected chi connectivity index (χ3v) is 6.01. The Labute approximate surface area is 171 Å². The van der Waals surface area contributed by atoms with Crippen molar-refractivity contribution in [2.75, 3.05) is 20.2 Å². The van der Waals surface area contributed by atoms with E-state index >= 15 is 0 Å². The monoisotopic (exact) mass is 383 g/mol. The van der Waals surface area contributed by atoms with Crippen molar-refractivity contribution in [2.24, 2.45) is 0 Å². The maximum absolute atomic E-state index is 13.7. The number of piperidine rings is 1. The first kappa shape index (κ1) is 22.4. The Bertz CT molecular complexity index is 705. The van der Waals surface area contributed by atoms with Crippen molar-refractivity contribution < 1.29 is 9.53 Å². The molecule has 1 unspecified atom stereocenters. The molecule has 0 saturated carbocycles. The second-order valence-corrected chi connectivity index (χ2v) is 7.59. The van der Waals surface area contributed by atoms with Crippen LogP contribution in [-0.4, -0.2) is 36.4 Å². The number of fused-ring (bicyclic) bond motifs is 1. The summed E-state index contributed by atoms with van der Waals surface area (Å²) < 4.78 is 5.54. The van der Waals surface area contributed by atoms with E-state index in [0.29, 0.717) is 0 Å². The lowest BCUT2D eigenvalue weighted by molar-refractivity contribution is 0.0295. The highest BCUT2D eigenvalue weighted by Gasteiger charge is 2.48. The zero-order valence-electron chi connectivity index (χ0n) is 18.4. The predicted molar refractivity (Wildman–Crippen MR) is 118 cm³/mol. The molecular formula is C25H37NO2. The van der Waals surface area contributed by atoms with E-state index in [1.807, 2.05) is 32.9 Å². The minimum atomic E-state index is -0.333. The zero-order valence-corrected chi connectivity index (χ0v) is 18.4. The zero-order chi connectivity index (χ0) is 20.6. The molecule has 0 N–H and O–H groups in total. The topological polar surface area (TPSA) is 29.5 Å². The van der Waals surface area contributed by atoms with Crippen LogP contribution in [0.15, 0.2) is 42.0 Å². The number of allylic oxidation sites excluding steroid dienone is 3. The third kappa shape index (κ3) is 4.57. The van der Waals surface area contributed by atoms with Gasteiger partial charge in [-0.3, -0.25) is 9.69 Å². The van der Waals surface area contributed by atoms with Gasteiger partial charge in [-0.05, 0) is 70.5 Å². The van der Waals surface area contributed by atoms with E-state index in [0.717, 1.165) is 62.1 Å². The number of ether oxygens (including phenoxy) is 1. The average molecular weight is 384 g/mol. The number of likely N-dealkylation sites (tertiary alicyclic amines) is 1. The van der Waals surface area contributed by atoms with Gasteiger partial charge in [0.15, 0.2) is 5.78 Å². The van der Waals surface area contributed by atoms with Crippen molar-refractivity contribution in [3.63, 3.8) is 0 Å². The molecule has 1 spiro atoms. The number of hydrogen-bond donors (Lipinski definition) is 0. The molecule has 1 aliphatic carbocycles. The molecule has 154 valence electrons. The first-order valence-corrected chi connectivity index (χ1v) is 10.9. The maximum atomic E-state index is 13.7. The molecule has 28 heavy (non-hydrogen) atoms. The molecule has 3 rings (SSSR count). The van der Waals surface area contributed by atoms with Gasteiger partial charge in [-0.15, -0.1) is 0 Å². The number of nitrogens with zero attached hydrogens (tertiary/aromatic N) is 1. The van der Waals surface area contributed by atoms with E-state index in [9.17, 15) is 4.79 Å². The summed E-state index contributed by atoms with van der Waals surface area (Å²) in [5, 5.41) is 0. The standard InChI is InChI=1S/C23H31NO2.C2H6/c1-4-5-9-18(2)13-17-24-16-7-6-14-23(24)15-12-19-10-8-11-20(26-3)21(19)22(23)25;1-2/h4-5,8-11H,6-7,12-17H2,1-3H3;1-2H3/b5-4-,18-9+;. The SMILES string of the molecule is C/C=C\C=C(/C)CCN1CCCCC12CCc1cccc(OC)c1C2=O.CC. The lowest BCUT2D eigenvalue weighted by Gasteiger charge is -2.48. The molecule has 0 radical (unpaired) electrons. The van der Waals surface area contributed by atoms with Crippen LogP contribution in [0.5, 0.6) is 5.75 Å². The number of ketones is 1. The fourth-order valence-electron chi connectivity index (χ4n) is 4.51. The number of benzene rings is 1. The van der Waals surface area contributed by atoms with Crippen LogP contribution in [0.4, 0.5) is 0 Å². The minimum Gasteiger partial charge on any atom is -0.496 e. The van der Waals surface area contributed by atoms with Crippen LogP contribution in [0.25, 0.3) is 0 Å². The Morgan fingerprint density at radius 1 is 1.25 bits per heavy atom. The normalized spacial score (nSPS) is 22.8. The Morgan fingerprint density at radius 2 is 2.04 bits per heavy atom. The van der Waals surface area contributed by atoms with Gasteiger partial charge in [-0.2, -0.15) is 0 Å². The summed E-state index contributed by atoms with van der Waals surface area (Å²) in [5.41, 5.74) is 3.01. The number of hydrogen-bond acceptors (Lipinski definition) is 3. The highest BCUT2D eigenvalue weighted by Crippen LogP contribution is 2.42. The molecule has 1 fully saturated rings. The van der Waals surface area contributed by atoms with Crippen LogP contribution in [0, 0.1) is 0 Å². The Hall–Kier alpha value is -1.87. The van der Waals surface area contributed by atoms with Crippen molar-refractivity contribution in [1.29, 1.82) is 0 Å². The van der Waals surface area contributed by atoms with E-state index in [4.69, 9.17) is 4.74 Å². The van der Waals surface area contributed by atoms with Gasteiger partial charge < -0.3 is 4.74 Å². The van der Waals surface area contributed by atoms with E-state index in [1.165, 1.54) is 12.0 Å². The van der Waals surface area contributed by atoms with E-state index < -0.39 is 0 Å². The molecule has 1 heterocycles. The molecule has 1 saturated heterocycles. The smallest absolute Gasteiger partial charge is 0.187 e. The Kier molecular flexibility index (Phi) is 8.50. The van der Waals surface area contributed by atoms with Gasteiger partial charge in [0.05, 0.1) is 18.2 Å². The number of methoxy groups -OCH3 is 1. The summed E-state index contributed by atoms with van der Waals surface area (Å²) in [5.74, 6) is 1.02. The van der Waals surface area contributed by atoms with Crippen LogP contribution in [0.2, 0.25) is 0 Å². The Balaban J connectivity index is 0.00000136. The number of carbonyl (C=O) groups is 1. The molecule has 2 aliphatic rings.